The van der Waals surface area contributed by atoms with E-state index in [1.165, 1.54) is 25.3 Å². The van der Waals surface area contributed by atoms with E-state index in [1.807, 2.05) is 4.57 Å². The van der Waals surface area contributed by atoms with E-state index >= 15 is 0 Å². The Morgan fingerprint density at radius 1 is 1.08 bits per heavy atom. The highest BCUT2D eigenvalue weighted by Crippen LogP contribution is 2.48. The number of rotatable bonds is 5. The van der Waals surface area contributed by atoms with Gasteiger partial charge in [0.15, 0.2) is 23.1 Å². The van der Waals surface area contributed by atoms with Crippen LogP contribution in [0, 0.1) is 18.6 Å². The lowest BCUT2D eigenvalue weighted by molar-refractivity contribution is 0.0696. The molecule has 186 valence electrons. The number of aromatic hydroxyl groups is 1. The first-order valence-corrected chi connectivity index (χ1v) is 11.6. The summed E-state index contributed by atoms with van der Waals surface area (Å²) in [6.45, 7) is 2.74. The molecule has 1 aliphatic rings. The Morgan fingerprint density at radius 2 is 1.81 bits per heavy atom. The second-order valence-electron chi connectivity index (χ2n) is 8.87. The van der Waals surface area contributed by atoms with E-state index in [1.54, 1.807) is 37.3 Å². The van der Waals surface area contributed by atoms with Crippen molar-refractivity contribution in [3.63, 3.8) is 0 Å². The van der Waals surface area contributed by atoms with Crippen LogP contribution in [0.15, 0.2) is 48.5 Å². The van der Waals surface area contributed by atoms with Gasteiger partial charge in [-0.15, -0.1) is 0 Å². The van der Waals surface area contributed by atoms with Gasteiger partial charge in [-0.05, 0) is 61.2 Å². The van der Waals surface area contributed by atoms with Crippen molar-refractivity contribution in [2.24, 2.45) is 0 Å². The summed E-state index contributed by atoms with van der Waals surface area (Å²) in [6.07, 6.45) is 1.34. The summed E-state index contributed by atoms with van der Waals surface area (Å²) >= 11 is 0. The summed E-state index contributed by atoms with van der Waals surface area (Å²) in [5.74, 6) is -2.92. The van der Waals surface area contributed by atoms with E-state index in [0.29, 0.717) is 53.9 Å². The van der Waals surface area contributed by atoms with Crippen LogP contribution in [0.25, 0.3) is 27.7 Å². The number of phenolic OH excluding ortho intramolecular Hbond substituents is 1. The predicted octanol–water partition coefficient (Wildman–Crippen LogP) is 6.19. The first-order chi connectivity index (χ1) is 17.3. The SMILES string of the molecule is COc1cc(-n2c(C3CCOCC3)c(-c3cccc(C(=O)O)c3C)c3c(O)c(F)ccc32)ccc1F. The fourth-order valence-corrected chi connectivity index (χ4v) is 5.19. The summed E-state index contributed by atoms with van der Waals surface area (Å²) in [6, 6.07) is 12.1. The van der Waals surface area contributed by atoms with E-state index in [0.717, 1.165) is 5.69 Å². The molecule has 0 bridgehead atoms. The number of aromatic carboxylic acids is 1. The van der Waals surface area contributed by atoms with Crippen molar-refractivity contribution >= 4 is 16.9 Å². The van der Waals surface area contributed by atoms with E-state index in [2.05, 4.69) is 0 Å². The average Bonchev–Trinajstić information content (AvgIpc) is 3.22. The zero-order valence-electron chi connectivity index (χ0n) is 19.8. The fraction of sp³-hybridized carbons (Fsp3) is 0.250. The van der Waals surface area contributed by atoms with Crippen LogP contribution in [0.5, 0.6) is 11.5 Å². The molecule has 0 atom stereocenters. The molecule has 1 saturated heterocycles. The molecule has 2 heterocycles. The smallest absolute Gasteiger partial charge is 0.335 e. The second-order valence-corrected chi connectivity index (χ2v) is 8.87. The molecule has 1 aliphatic heterocycles. The molecule has 0 radical (unpaired) electrons. The maximum absolute atomic E-state index is 14.8. The predicted molar refractivity (Wildman–Crippen MR) is 131 cm³/mol. The molecule has 8 heteroatoms. The Morgan fingerprint density at radius 3 is 2.50 bits per heavy atom. The number of carboxylic acid groups (broad SMARTS) is 1. The maximum Gasteiger partial charge on any atom is 0.335 e. The van der Waals surface area contributed by atoms with Crippen molar-refractivity contribution in [3.8, 4) is 28.3 Å². The van der Waals surface area contributed by atoms with Gasteiger partial charge in [0, 0.05) is 42.1 Å². The molecule has 0 unspecified atom stereocenters. The molecule has 2 N–H and O–H groups in total. The standard InChI is InChI=1S/C28H25F2NO5/c1-15-18(4-3-5-19(15)28(33)34)24-25-22(9-8-21(30)27(25)32)31(26(24)16-10-12-36-13-11-16)17-6-7-20(29)23(14-17)35-2/h3-9,14,16,32H,10-13H2,1-2H3,(H,33,34). The topological polar surface area (TPSA) is 80.9 Å². The number of carboxylic acids is 1. The molecule has 0 amide bonds. The number of benzene rings is 3. The summed E-state index contributed by atoms with van der Waals surface area (Å²) in [5.41, 5.74) is 3.60. The van der Waals surface area contributed by atoms with Crippen molar-refractivity contribution in [1.82, 2.24) is 4.57 Å². The molecule has 6 nitrogen and oxygen atoms in total. The zero-order chi connectivity index (χ0) is 25.6. The van der Waals surface area contributed by atoms with E-state index in [-0.39, 0.29) is 22.6 Å². The lowest BCUT2D eigenvalue weighted by Crippen LogP contribution is -2.17. The van der Waals surface area contributed by atoms with E-state index < -0.39 is 23.4 Å². The summed E-state index contributed by atoms with van der Waals surface area (Å²) in [7, 11) is 1.38. The third kappa shape index (κ3) is 3.78. The van der Waals surface area contributed by atoms with Crippen LogP contribution < -0.4 is 4.74 Å². The van der Waals surface area contributed by atoms with Gasteiger partial charge in [0.1, 0.15) is 0 Å². The molecule has 1 aromatic heterocycles. The van der Waals surface area contributed by atoms with Crippen LogP contribution in [0.4, 0.5) is 8.78 Å². The molecule has 36 heavy (non-hydrogen) atoms. The van der Waals surface area contributed by atoms with Crippen molar-refractivity contribution in [2.75, 3.05) is 20.3 Å². The van der Waals surface area contributed by atoms with E-state index in [4.69, 9.17) is 9.47 Å². The highest BCUT2D eigenvalue weighted by Gasteiger charge is 2.31. The largest absolute Gasteiger partial charge is 0.504 e. The van der Waals surface area contributed by atoms with Gasteiger partial charge in [0.2, 0.25) is 0 Å². The lowest BCUT2D eigenvalue weighted by Gasteiger charge is -2.26. The number of hydrogen-bond donors (Lipinski definition) is 2. The molecule has 0 saturated carbocycles. The Hall–Kier alpha value is -3.91. The summed E-state index contributed by atoms with van der Waals surface area (Å²) < 4.78 is 41.8. The minimum atomic E-state index is -1.08. The Labute approximate surface area is 206 Å². The van der Waals surface area contributed by atoms with Gasteiger partial charge in [-0.2, -0.15) is 0 Å². The van der Waals surface area contributed by atoms with Crippen LogP contribution in [0.2, 0.25) is 0 Å². The van der Waals surface area contributed by atoms with Crippen LogP contribution >= 0.6 is 0 Å². The first kappa shape index (κ1) is 23.8. The van der Waals surface area contributed by atoms with Crippen molar-refractivity contribution in [2.45, 2.75) is 25.7 Å². The highest BCUT2D eigenvalue weighted by molar-refractivity contribution is 6.05. The highest BCUT2D eigenvalue weighted by atomic mass is 19.1. The van der Waals surface area contributed by atoms with Gasteiger partial charge in [-0.1, -0.05) is 12.1 Å². The Bertz CT molecular complexity index is 1490. The first-order valence-electron chi connectivity index (χ1n) is 11.6. The minimum Gasteiger partial charge on any atom is -0.504 e. The molecule has 0 aliphatic carbocycles. The number of aromatic nitrogens is 1. The molecule has 3 aromatic carbocycles. The number of methoxy groups -OCH3 is 1. The number of hydrogen-bond acceptors (Lipinski definition) is 4. The number of fused-ring (bicyclic) bond motifs is 1. The van der Waals surface area contributed by atoms with Crippen LogP contribution in [0.1, 0.15) is 40.4 Å². The monoisotopic (exact) mass is 493 g/mol. The van der Waals surface area contributed by atoms with Crippen LogP contribution in [-0.4, -0.2) is 41.1 Å². The second kappa shape index (κ2) is 9.28. The van der Waals surface area contributed by atoms with Gasteiger partial charge in [-0.25, -0.2) is 13.6 Å². The van der Waals surface area contributed by atoms with Gasteiger partial charge in [-0.3, -0.25) is 0 Å². The van der Waals surface area contributed by atoms with Gasteiger partial charge < -0.3 is 24.3 Å². The number of nitrogens with zero attached hydrogens (tertiary/aromatic N) is 1. The molecular formula is C28H25F2NO5. The lowest BCUT2D eigenvalue weighted by atomic mass is 9.87. The Balaban J connectivity index is 1.95. The van der Waals surface area contributed by atoms with Crippen molar-refractivity contribution in [3.05, 3.63) is 77.0 Å². The quantitative estimate of drug-likeness (QED) is 0.347. The van der Waals surface area contributed by atoms with Crippen molar-refractivity contribution < 1.29 is 33.3 Å². The third-order valence-electron chi connectivity index (χ3n) is 6.93. The number of carbonyl (C=O) groups is 1. The number of phenols is 1. The third-order valence-corrected chi connectivity index (χ3v) is 6.93. The number of ether oxygens (including phenoxy) is 2. The van der Waals surface area contributed by atoms with Crippen LogP contribution in [0.3, 0.4) is 0 Å². The fourth-order valence-electron chi connectivity index (χ4n) is 5.19. The normalized spacial score (nSPS) is 14.3. The molecule has 5 rings (SSSR count). The summed E-state index contributed by atoms with van der Waals surface area (Å²) in [5, 5.41) is 21.0. The minimum absolute atomic E-state index is 0.0456. The summed E-state index contributed by atoms with van der Waals surface area (Å²) in [4.78, 5) is 11.9. The van der Waals surface area contributed by atoms with Crippen LogP contribution in [-0.2, 0) is 4.74 Å². The molecular weight excluding hydrogens is 468 g/mol. The molecule has 4 aromatic rings. The van der Waals surface area contributed by atoms with Gasteiger partial charge in [0.25, 0.3) is 0 Å². The van der Waals surface area contributed by atoms with Crippen molar-refractivity contribution in [1.29, 1.82) is 0 Å². The molecule has 1 fully saturated rings. The van der Waals surface area contributed by atoms with E-state index in [9.17, 15) is 23.8 Å². The maximum atomic E-state index is 14.8. The zero-order valence-corrected chi connectivity index (χ0v) is 19.8. The van der Waals surface area contributed by atoms with Gasteiger partial charge >= 0.3 is 5.97 Å². The Kier molecular flexibility index (Phi) is 6.14. The number of halogens is 2. The van der Waals surface area contributed by atoms with Gasteiger partial charge in [0.05, 0.1) is 23.6 Å². The average molecular weight is 494 g/mol. The molecule has 0 spiro atoms.